The minimum atomic E-state index is 0.00183. The Kier molecular flexibility index (Phi) is 3.67. The van der Waals surface area contributed by atoms with Crippen molar-refractivity contribution >= 4 is 11.6 Å². The summed E-state index contributed by atoms with van der Waals surface area (Å²) in [5.41, 5.74) is 3.01. The zero-order valence-corrected chi connectivity index (χ0v) is 10.5. The summed E-state index contributed by atoms with van der Waals surface area (Å²) in [5.74, 6) is 0.837. The molecule has 0 radical (unpaired) electrons. The van der Waals surface area contributed by atoms with E-state index in [2.05, 4.69) is 17.6 Å². The molecule has 1 aromatic rings. The van der Waals surface area contributed by atoms with Gasteiger partial charge in [-0.1, -0.05) is 6.07 Å². The minimum absolute atomic E-state index is 0.00183. The third kappa shape index (κ3) is 3.22. The summed E-state index contributed by atoms with van der Waals surface area (Å²) in [6.45, 7) is 5.69. The lowest BCUT2D eigenvalue weighted by Gasteiger charge is -2.11. The van der Waals surface area contributed by atoms with Crippen LogP contribution in [0.3, 0.4) is 0 Å². The molecule has 3 heteroatoms. The largest absolute Gasteiger partial charge is 0.385 e. The van der Waals surface area contributed by atoms with Crippen molar-refractivity contribution in [2.75, 3.05) is 18.4 Å². The highest BCUT2D eigenvalue weighted by molar-refractivity contribution is 5.95. The monoisotopic (exact) mass is 232 g/mol. The van der Waals surface area contributed by atoms with Gasteiger partial charge >= 0.3 is 0 Å². The van der Waals surface area contributed by atoms with Crippen LogP contribution in [0.5, 0.6) is 0 Å². The molecule has 0 bridgehead atoms. The summed E-state index contributed by atoms with van der Waals surface area (Å²) >= 11 is 0. The van der Waals surface area contributed by atoms with Crippen molar-refractivity contribution in [3.8, 4) is 0 Å². The van der Waals surface area contributed by atoms with Crippen LogP contribution in [0.4, 0.5) is 5.69 Å². The van der Waals surface area contributed by atoms with Gasteiger partial charge in [-0.15, -0.1) is 0 Å². The highest BCUT2D eigenvalue weighted by Crippen LogP contribution is 2.29. The SMILES string of the molecule is CCNC(=O)c1ccc(C)c(NCC2CC2)c1. The highest BCUT2D eigenvalue weighted by Gasteiger charge is 2.20. The number of aryl methyl sites for hydroxylation is 1. The molecule has 17 heavy (non-hydrogen) atoms. The lowest BCUT2D eigenvalue weighted by Crippen LogP contribution is -2.22. The van der Waals surface area contributed by atoms with E-state index in [0.717, 1.165) is 23.7 Å². The number of carbonyl (C=O) groups is 1. The summed E-state index contributed by atoms with van der Waals surface area (Å²) < 4.78 is 0. The van der Waals surface area contributed by atoms with E-state index >= 15 is 0 Å². The summed E-state index contributed by atoms with van der Waals surface area (Å²) in [6.07, 6.45) is 2.67. The molecule has 1 saturated carbocycles. The Morgan fingerprint density at radius 2 is 2.18 bits per heavy atom. The van der Waals surface area contributed by atoms with Gasteiger partial charge < -0.3 is 10.6 Å². The predicted octanol–water partition coefficient (Wildman–Crippen LogP) is 2.57. The third-order valence-corrected chi connectivity index (χ3v) is 3.12. The first-order valence-electron chi connectivity index (χ1n) is 6.33. The normalized spacial score (nSPS) is 14.5. The summed E-state index contributed by atoms with van der Waals surface area (Å²) in [5, 5.41) is 6.25. The molecule has 1 amide bonds. The van der Waals surface area contributed by atoms with Crippen LogP contribution in [0.1, 0.15) is 35.7 Å². The van der Waals surface area contributed by atoms with Crippen molar-refractivity contribution in [3.63, 3.8) is 0 Å². The van der Waals surface area contributed by atoms with E-state index in [1.807, 2.05) is 25.1 Å². The molecule has 0 atom stereocenters. The molecule has 1 aliphatic carbocycles. The topological polar surface area (TPSA) is 41.1 Å². The molecule has 0 saturated heterocycles. The smallest absolute Gasteiger partial charge is 0.251 e. The van der Waals surface area contributed by atoms with E-state index in [9.17, 15) is 4.79 Å². The number of rotatable bonds is 5. The molecule has 0 aromatic heterocycles. The zero-order valence-electron chi connectivity index (χ0n) is 10.5. The Bertz CT molecular complexity index is 411. The lowest BCUT2D eigenvalue weighted by atomic mass is 10.1. The van der Waals surface area contributed by atoms with Gasteiger partial charge in [0.05, 0.1) is 0 Å². The van der Waals surface area contributed by atoms with E-state index < -0.39 is 0 Å². The number of carbonyl (C=O) groups excluding carboxylic acids is 1. The van der Waals surface area contributed by atoms with Crippen LogP contribution in [-0.2, 0) is 0 Å². The first-order chi connectivity index (χ1) is 8.20. The van der Waals surface area contributed by atoms with Crippen molar-refractivity contribution in [1.29, 1.82) is 0 Å². The summed E-state index contributed by atoms with van der Waals surface area (Å²) in [6, 6.07) is 5.82. The number of hydrogen-bond donors (Lipinski definition) is 2. The van der Waals surface area contributed by atoms with Crippen molar-refractivity contribution in [3.05, 3.63) is 29.3 Å². The third-order valence-electron chi connectivity index (χ3n) is 3.12. The minimum Gasteiger partial charge on any atom is -0.385 e. The zero-order chi connectivity index (χ0) is 12.3. The molecular weight excluding hydrogens is 212 g/mol. The van der Waals surface area contributed by atoms with Gasteiger partial charge in [-0.2, -0.15) is 0 Å². The maximum Gasteiger partial charge on any atom is 0.251 e. The Morgan fingerprint density at radius 3 is 2.82 bits per heavy atom. The van der Waals surface area contributed by atoms with Gasteiger partial charge in [0.25, 0.3) is 5.91 Å². The van der Waals surface area contributed by atoms with E-state index in [1.54, 1.807) is 0 Å². The first-order valence-corrected chi connectivity index (χ1v) is 6.33. The second-order valence-corrected chi connectivity index (χ2v) is 4.71. The number of hydrogen-bond acceptors (Lipinski definition) is 2. The number of anilines is 1. The standard InChI is InChI=1S/C14H20N2O/c1-3-15-14(17)12-7-4-10(2)13(8-12)16-9-11-5-6-11/h4,7-8,11,16H,3,5-6,9H2,1-2H3,(H,15,17). The van der Waals surface area contributed by atoms with Crippen molar-refractivity contribution in [1.82, 2.24) is 5.32 Å². The average molecular weight is 232 g/mol. The highest BCUT2D eigenvalue weighted by atomic mass is 16.1. The number of amides is 1. The molecule has 1 aliphatic rings. The van der Waals surface area contributed by atoms with Crippen molar-refractivity contribution in [2.45, 2.75) is 26.7 Å². The lowest BCUT2D eigenvalue weighted by molar-refractivity contribution is 0.0956. The van der Waals surface area contributed by atoms with E-state index in [1.165, 1.54) is 18.4 Å². The molecule has 1 fully saturated rings. The summed E-state index contributed by atoms with van der Waals surface area (Å²) in [7, 11) is 0. The quantitative estimate of drug-likeness (QED) is 0.819. The molecule has 92 valence electrons. The molecule has 2 rings (SSSR count). The van der Waals surface area contributed by atoms with Crippen LogP contribution in [0.2, 0.25) is 0 Å². The predicted molar refractivity (Wildman–Crippen MR) is 70.4 cm³/mol. The molecule has 0 unspecified atom stereocenters. The maximum absolute atomic E-state index is 11.7. The second kappa shape index (κ2) is 5.21. The first kappa shape index (κ1) is 12.0. The van der Waals surface area contributed by atoms with Crippen LogP contribution in [0.25, 0.3) is 0 Å². The molecule has 2 N–H and O–H groups in total. The van der Waals surface area contributed by atoms with Gasteiger partial charge in [0.2, 0.25) is 0 Å². The molecular formula is C14H20N2O. The Morgan fingerprint density at radius 1 is 1.41 bits per heavy atom. The Labute approximate surface area is 103 Å². The molecule has 0 heterocycles. The summed E-state index contributed by atoms with van der Waals surface area (Å²) in [4.78, 5) is 11.7. The van der Waals surface area contributed by atoms with Crippen LogP contribution >= 0.6 is 0 Å². The second-order valence-electron chi connectivity index (χ2n) is 4.71. The van der Waals surface area contributed by atoms with Gasteiger partial charge in [0.15, 0.2) is 0 Å². The fourth-order valence-electron chi connectivity index (χ4n) is 1.79. The van der Waals surface area contributed by atoms with Gasteiger partial charge in [-0.3, -0.25) is 4.79 Å². The van der Waals surface area contributed by atoms with E-state index in [0.29, 0.717) is 6.54 Å². The fraction of sp³-hybridized carbons (Fsp3) is 0.500. The van der Waals surface area contributed by atoms with Gasteiger partial charge in [-0.25, -0.2) is 0 Å². The van der Waals surface area contributed by atoms with Crippen LogP contribution in [-0.4, -0.2) is 19.0 Å². The molecule has 0 spiro atoms. The molecule has 1 aromatic carbocycles. The van der Waals surface area contributed by atoms with Crippen LogP contribution < -0.4 is 10.6 Å². The fourth-order valence-corrected chi connectivity index (χ4v) is 1.79. The Balaban J connectivity index is 2.07. The van der Waals surface area contributed by atoms with Crippen molar-refractivity contribution in [2.24, 2.45) is 5.92 Å². The van der Waals surface area contributed by atoms with Gasteiger partial charge in [-0.05, 0) is 50.3 Å². The maximum atomic E-state index is 11.7. The Hall–Kier alpha value is -1.51. The van der Waals surface area contributed by atoms with E-state index in [4.69, 9.17) is 0 Å². The number of benzene rings is 1. The molecule has 3 nitrogen and oxygen atoms in total. The average Bonchev–Trinajstić information content (AvgIpc) is 3.12. The van der Waals surface area contributed by atoms with Crippen LogP contribution in [0.15, 0.2) is 18.2 Å². The molecule has 0 aliphatic heterocycles. The number of nitrogens with one attached hydrogen (secondary N) is 2. The van der Waals surface area contributed by atoms with Gasteiger partial charge in [0, 0.05) is 24.3 Å². The van der Waals surface area contributed by atoms with Gasteiger partial charge in [0.1, 0.15) is 0 Å². The van der Waals surface area contributed by atoms with Crippen molar-refractivity contribution < 1.29 is 4.79 Å². The van der Waals surface area contributed by atoms with Crippen LogP contribution in [0, 0.1) is 12.8 Å². The van der Waals surface area contributed by atoms with E-state index in [-0.39, 0.29) is 5.91 Å².